The minimum Gasteiger partial charge on any atom is -0.396 e. The Morgan fingerprint density at radius 1 is 0.929 bits per heavy atom. The Morgan fingerprint density at radius 2 is 1.62 bits per heavy atom. The van der Waals surface area contributed by atoms with Gasteiger partial charge in [0.2, 0.25) is 0 Å². The first-order valence-corrected chi connectivity index (χ1v) is 14.8. The second kappa shape index (κ2) is 11.4. The van der Waals surface area contributed by atoms with Crippen molar-refractivity contribution in [3.8, 4) is 0 Å². The number of fused-ring (bicyclic) bond motifs is 1. The van der Waals surface area contributed by atoms with E-state index in [0.29, 0.717) is 49.4 Å². The van der Waals surface area contributed by atoms with Crippen LogP contribution in [-0.2, 0) is 21.7 Å². The standard InChI is InChI=1S/C34H38N4O4/c1-25(10-8-9-21-39)34(42)29-22-28(15-16-30(29)36(32(34)41)23-26-11-4-2-5-12-26)37-24-38(27-13-6-3-7-14-27)33(31(37)40)17-19-35-20-18-33/h2-8,10-16,22,25,35,39,42H,9,17-21,23-24H2,1H3/b10-8+/t25-,34+/m0/s1. The molecule has 0 radical (unpaired) electrons. The van der Waals surface area contributed by atoms with E-state index in [1.807, 2.05) is 85.8 Å². The average Bonchev–Trinajstić information content (AvgIpc) is 3.42. The van der Waals surface area contributed by atoms with Crippen LogP contribution in [0.5, 0.6) is 0 Å². The van der Waals surface area contributed by atoms with E-state index in [0.717, 1.165) is 24.3 Å². The first-order chi connectivity index (χ1) is 20.4. The molecule has 3 aromatic rings. The van der Waals surface area contributed by atoms with Crippen LogP contribution < -0.4 is 20.0 Å². The van der Waals surface area contributed by atoms with Crippen LogP contribution in [0, 0.1) is 5.92 Å². The quantitative estimate of drug-likeness (QED) is 0.358. The Bertz CT molecular complexity index is 1470. The Hall–Kier alpha value is -3.98. The summed E-state index contributed by atoms with van der Waals surface area (Å²) in [7, 11) is 0. The van der Waals surface area contributed by atoms with Crippen molar-refractivity contribution in [2.24, 2.45) is 5.92 Å². The summed E-state index contributed by atoms with van der Waals surface area (Å²) in [4.78, 5) is 34.0. The number of hydrogen-bond donors (Lipinski definition) is 3. The molecule has 0 saturated carbocycles. The van der Waals surface area contributed by atoms with Gasteiger partial charge in [0.25, 0.3) is 11.8 Å². The molecular weight excluding hydrogens is 528 g/mol. The molecule has 0 aliphatic carbocycles. The van der Waals surface area contributed by atoms with Gasteiger partial charge in [-0.05, 0) is 68.2 Å². The molecular formula is C34H38N4O4. The lowest BCUT2D eigenvalue weighted by atomic mass is 9.82. The van der Waals surface area contributed by atoms with Crippen LogP contribution in [0.1, 0.15) is 37.3 Å². The molecule has 2 saturated heterocycles. The molecule has 3 heterocycles. The normalized spacial score (nSPS) is 22.4. The van der Waals surface area contributed by atoms with Gasteiger partial charge in [0.15, 0.2) is 5.60 Å². The first kappa shape index (κ1) is 28.2. The highest BCUT2D eigenvalue weighted by Gasteiger charge is 2.55. The van der Waals surface area contributed by atoms with Gasteiger partial charge in [-0.15, -0.1) is 0 Å². The molecule has 218 valence electrons. The molecule has 0 bridgehead atoms. The molecule has 3 N–H and O–H groups in total. The monoisotopic (exact) mass is 566 g/mol. The van der Waals surface area contributed by atoms with Gasteiger partial charge in [0.05, 0.1) is 18.9 Å². The number of aliphatic hydroxyl groups excluding tert-OH is 1. The van der Waals surface area contributed by atoms with Crippen LogP contribution in [0.25, 0.3) is 0 Å². The second-order valence-corrected chi connectivity index (χ2v) is 11.5. The zero-order valence-electron chi connectivity index (χ0n) is 23.9. The van der Waals surface area contributed by atoms with Crippen LogP contribution in [0.2, 0.25) is 0 Å². The number of piperidine rings is 1. The molecule has 3 aliphatic heterocycles. The molecule has 42 heavy (non-hydrogen) atoms. The lowest BCUT2D eigenvalue weighted by Gasteiger charge is -2.39. The summed E-state index contributed by atoms with van der Waals surface area (Å²) in [5, 5.41) is 24.9. The van der Waals surface area contributed by atoms with Gasteiger partial charge in [-0.25, -0.2) is 0 Å². The SMILES string of the molecule is C[C@@H](/C=C/CCO)[C@]1(O)C(=O)N(Cc2ccccc2)c2ccc(N3CN(c4ccccc4)C4(CCNCC4)C3=O)cc21. The predicted molar refractivity (Wildman–Crippen MR) is 164 cm³/mol. The van der Waals surface area contributed by atoms with Gasteiger partial charge < -0.3 is 25.3 Å². The summed E-state index contributed by atoms with van der Waals surface area (Å²) in [6.45, 7) is 4.02. The molecule has 3 aliphatic rings. The zero-order valence-corrected chi connectivity index (χ0v) is 23.9. The molecule has 6 rings (SSSR count). The number of para-hydroxylation sites is 1. The van der Waals surface area contributed by atoms with E-state index >= 15 is 0 Å². The highest BCUT2D eigenvalue weighted by molar-refractivity contribution is 6.09. The number of amides is 2. The number of nitrogens with one attached hydrogen (secondary N) is 1. The molecule has 1 spiro atoms. The topological polar surface area (TPSA) is 96.3 Å². The molecule has 8 heteroatoms. The number of aliphatic hydroxyl groups is 2. The maximum absolute atomic E-state index is 14.3. The van der Waals surface area contributed by atoms with Gasteiger partial charge in [0, 0.05) is 29.5 Å². The van der Waals surface area contributed by atoms with Gasteiger partial charge in [0.1, 0.15) is 5.54 Å². The molecule has 8 nitrogen and oxygen atoms in total. The molecule has 2 atom stereocenters. The minimum absolute atomic E-state index is 0.0112. The highest BCUT2D eigenvalue weighted by atomic mass is 16.3. The second-order valence-electron chi connectivity index (χ2n) is 11.5. The van der Waals surface area contributed by atoms with E-state index in [2.05, 4.69) is 10.2 Å². The number of hydrogen-bond acceptors (Lipinski definition) is 6. The van der Waals surface area contributed by atoms with Crippen molar-refractivity contribution < 1.29 is 19.8 Å². The Labute approximate surface area is 246 Å². The Balaban J connectivity index is 1.42. The molecule has 2 amide bonds. The molecule has 3 aromatic carbocycles. The van der Waals surface area contributed by atoms with Crippen LogP contribution in [-0.4, -0.2) is 53.9 Å². The Kier molecular flexibility index (Phi) is 7.62. The number of carbonyl (C=O) groups excluding carboxylic acids is 2. The van der Waals surface area contributed by atoms with Crippen molar-refractivity contribution in [3.63, 3.8) is 0 Å². The van der Waals surface area contributed by atoms with Crippen LogP contribution in [0.4, 0.5) is 17.1 Å². The smallest absolute Gasteiger partial charge is 0.264 e. The zero-order chi connectivity index (χ0) is 29.3. The van der Waals surface area contributed by atoms with Crippen molar-refractivity contribution in [2.75, 3.05) is 41.1 Å². The van der Waals surface area contributed by atoms with E-state index in [1.54, 1.807) is 22.0 Å². The maximum atomic E-state index is 14.3. The maximum Gasteiger partial charge on any atom is 0.264 e. The van der Waals surface area contributed by atoms with Crippen molar-refractivity contribution in [1.82, 2.24) is 5.32 Å². The van der Waals surface area contributed by atoms with Gasteiger partial charge in [-0.1, -0.05) is 67.6 Å². The van der Waals surface area contributed by atoms with E-state index < -0.39 is 23.0 Å². The molecule has 2 fully saturated rings. The van der Waals surface area contributed by atoms with Crippen molar-refractivity contribution >= 4 is 28.9 Å². The van der Waals surface area contributed by atoms with E-state index in [4.69, 9.17) is 0 Å². The molecule has 0 aromatic heterocycles. The summed E-state index contributed by atoms with van der Waals surface area (Å²) >= 11 is 0. The molecule has 0 unspecified atom stereocenters. The summed E-state index contributed by atoms with van der Waals surface area (Å²) < 4.78 is 0. The van der Waals surface area contributed by atoms with Crippen molar-refractivity contribution in [3.05, 3.63) is 102 Å². The van der Waals surface area contributed by atoms with E-state index in [1.165, 1.54) is 0 Å². The number of benzene rings is 3. The van der Waals surface area contributed by atoms with Gasteiger partial charge >= 0.3 is 0 Å². The first-order valence-electron chi connectivity index (χ1n) is 14.8. The fourth-order valence-corrected chi connectivity index (χ4v) is 6.71. The third-order valence-electron chi connectivity index (χ3n) is 9.07. The van der Waals surface area contributed by atoms with Crippen LogP contribution >= 0.6 is 0 Å². The summed E-state index contributed by atoms with van der Waals surface area (Å²) in [5.74, 6) is -0.914. The Morgan fingerprint density at radius 3 is 2.31 bits per heavy atom. The largest absolute Gasteiger partial charge is 0.396 e. The predicted octanol–water partition coefficient (Wildman–Crippen LogP) is 3.93. The summed E-state index contributed by atoms with van der Waals surface area (Å²) in [6, 6.07) is 25.3. The van der Waals surface area contributed by atoms with E-state index in [9.17, 15) is 19.8 Å². The summed E-state index contributed by atoms with van der Waals surface area (Å²) in [6.07, 6.45) is 5.41. The van der Waals surface area contributed by atoms with Crippen molar-refractivity contribution in [1.29, 1.82) is 0 Å². The minimum atomic E-state index is -1.82. The fraction of sp³-hybridized carbons (Fsp3) is 0.353. The number of carbonyl (C=O) groups is 2. The highest BCUT2D eigenvalue weighted by Crippen LogP contribution is 2.48. The number of rotatable bonds is 8. The fourth-order valence-electron chi connectivity index (χ4n) is 6.71. The third-order valence-corrected chi connectivity index (χ3v) is 9.07. The van der Waals surface area contributed by atoms with Crippen molar-refractivity contribution in [2.45, 2.75) is 43.9 Å². The summed E-state index contributed by atoms with van der Waals surface area (Å²) in [5.41, 5.74) is 1.27. The number of nitrogens with zero attached hydrogens (tertiary/aromatic N) is 3. The lowest BCUT2D eigenvalue weighted by Crippen LogP contribution is -2.55. The third kappa shape index (κ3) is 4.60. The lowest BCUT2D eigenvalue weighted by molar-refractivity contribution is -0.139. The van der Waals surface area contributed by atoms with Gasteiger partial charge in [-0.2, -0.15) is 0 Å². The number of anilines is 3. The average molecular weight is 567 g/mol. The van der Waals surface area contributed by atoms with Gasteiger partial charge in [-0.3, -0.25) is 14.5 Å². The van der Waals surface area contributed by atoms with E-state index in [-0.39, 0.29) is 12.5 Å². The van der Waals surface area contributed by atoms with Crippen LogP contribution in [0.15, 0.2) is 91.0 Å². The van der Waals surface area contributed by atoms with Crippen LogP contribution in [0.3, 0.4) is 0 Å².